The van der Waals surface area contributed by atoms with Crippen LogP contribution in [0.1, 0.15) is 24.8 Å². The fraction of sp³-hybridized carbons (Fsp3) is 0.400. The van der Waals surface area contributed by atoms with Gasteiger partial charge in [0.25, 0.3) is 5.91 Å². The summed E-state index contributed by atoms with van der Waals surface area (Å²) >= 11 is 0. The molecule has 1 aromatic rings. The van der Waals surface area contributed by atoms with Gasteiger partial charge in [0.2, 0.25) is 0 Å². The summed E-state index contributed by atoms with van der Waals surface area (Å²) in [5.74, 6) is -0.276. The molecule has 0 spiro atoms. The zero-order valence-electron chi connectivity index (χ0n) is 11.1. The number of amides is 1. The second kappa shape index (κ2) is 5.78. The average Bonchev–Trinajstić information content (AvgIpc) is 2.41. The van der Waals surface area contributed by atoms with Gasteiger partial charge in [0.15, 0.2) is 0 Å². The number of benzene rings is 1. The number of rotatable bonds is 5. The van der Waals surface area contributed by atoms with E-state index in [0.717, 1.165) is 25.5 Å². The van der Waals surface area contributed by atoms with E-state index in [9.17, 15) is 4.79 Å². The molecule has 102 valence electrons. The second-order valence-electron chi connectivity index (χ2n) is 5.32. The standard InChI is InChI=1S/C15H21N3O/c16-10-13(17)14(19)18-11-15(7-4-8-15)9-12-5-2-1-3-6-12/h1-3,5-6,10H,4,7-9,11,16-17H2,(H,18,19)/b13-10-. The Labute approximate surface area is 113 Å². The lowest BCUT2D eigenvalue weighted by atomic mass is 9.65. The number of hydrogen-bond donors (Lipinski definition) is 3. The SMILES string of the molecule is N/C=C(\N)C(=O)NCC1(Cc2ccccc2)CCC1. The smallest absolute Gasteiger partial charge is 0.268 e. The van der Waals surface area contributed by atoms with Crippen molar-refractivity contribution in [2.45, 2.75) is 25.7 Å². The highest BCUT2D eigenvalue weighted by molar-refractivity contribution is 5.92. The molecule has 1 aromatic carbocycles. The number of carbonyl (C=O) groups is 1. The van der Waals surface area contributed by atoms with Crippen LogP contribution in [0.25, 0.3) is 0 Å². The fourth-order valence-corrected chi connectivity index (χ4v) is 2.57. The van der Waals surface area contributed by atoms with Crippen molar-refractivity contribution in [3.63, 3.8) is 0 Å². The van der Waals surface area contributed by atoms with E-state index in [4.69, 9.17) is 11.5 Å². The highest BCUT2D eigenvalue weighted by atomic mass is 16.2. The molecule has 0 aliphatic heterocycles. The molecule has 0 radical (unpaired) electrons. The third kappa shape index (κ3) is 3.28. The molecule has 4 heteroatoms. The van der Waals surface area contributed by atoms with Crippen molar-refractivity contribution in [1.82, 2.24) is 5.32 Å². The topological polar surface area (TPSA) is 81.1 Å². The molecule has 4 nitrogen and oxygen atoms in total. The summed E-state index contributed by atoms with van der Waals surface area (Å²) in [6, 6.07) is 10.4. The lowest BCUT2D eigenvalue weighted by Crippen LogP contribution is -2.44. The maximum atomic E-state index is 11.6. The number of nitrogens with two attached hydrogens (primary N) is 2. The minimum atomic E-state index is -0.276. The van der Waals surface area contributed by atoms with Gasteiger partial charge in [-0.2, -0.15) is 0 Å². The molecule has 0 unspecified atom stereocenters. The van der Waals surface area contributed by atoms with Gasteiger partial charge in [-0.1, -0.05) is 36.8 Å². The summed E-state index contributed by atoms with van der Waals surface area (Å²) in [6.45, 7) is 0.662. The molecule has 1 fully saturated rings. The van der Waals surface area contributed by atoms with Gasteiger partial charge in [-0.05, 0) is 30.2 Å². The zero-order chi connectivity index (χ0) is 13.7. The predicted molar refractivity (Wildman–Crippen MR) is 75.9 cm³/mol. The molecule has 5 N–H and O–H groups in total. The molecule has 0 heterocycles. The van der Waals surface area contributed by atoms with E-state index in [1.807, 2.05) is 6.07 Å². The quantitative estimate of drug-likeness (QED) is 0.697. The van der Waals surface area contributed by atoms with Crippen LogP contribution in [0.5, 0.6) is 0 Å². The third-order valence-electron chi connectivity index (χ3n) is 3.90. The summed E-state index contributed by atoms with van der Waals surface area (Å²) in [7, 11) is 0. The molecule has 1 saturated carbocycles. The van der Waals surface area contributed by atoms with Gasteiger partial charge < -0.3 is 16.8 Å². The van der Waals surface area contributed by atoms with Crippen molar-refractivity contribution in [2.75, 3.05) is 6.54 Å². The maximum absolute atomic E-state index is 11.6. The molecular formula is C15H21N3O. The van der Waals surface area contributed by atoms with Crippen molar-refractivity contribution in [3.05, 3.63) is 47.8 Å². The van der Waals surface area contributed by atoms with Crippen LogP contribution < -0.4 is 16.8 Å². The molecule has 2 rings (SSSR count). The van der Waals surface area contributed by atoms with Crippen molar-refractivity contribution >= 4 is 5.91 Å². The van der Waals surface area contributed by atoms with Gasteiger partial charge in [-0.25, -0.2) is 0 Å². The van der Waals surface area contributed by atoms with Gasteiger partial charge in [-0.3, -0.25) is 4.79 Å². The van der Waals surface area contributed by atoms with Crippen LogP contribution in [0.2, 0.25) is 0 Å². The van der Waals surface area contributed by atoms with Gasteiger partial charge in [0.05, 0.1) is 0 Å². The Balaban J connectivity index is 1.94. The first kappa shape index (κ1) is 13.5. The first-order valence-corrected chi connectivity index (χ1v) is 6.65. The van der Waals surface area contributed by atoms with Gasteiger partial charge in [0.1, 0.15) is 5.70 Å². The monoisotopic (exact) mass is 259 g/mol. The molecule has 0 saturated heterocycles. The van der Waals surface area contributed by atoms with Crippen molar-refractivity contribution in [3.8, 4) is 0 Å². The summed E-state index contributed by atoms with van der Waals surface area (Å²) in [6.07, 6.45) is 5.66. The summed E-state index contributed by atoms with van der Waals surface area (Å²) < 4.78 is 0. The lowest BCUT2D eigenvalue weighted by molar-refractivity contribution is -0.118. The van der Waals surface area contributed by atoms with Crippen LogP contribution in [0, 0.1) is 5.41 Å². The van der Waals surface area contributed by atoms with E-state index in [2.05, 4.69) is 29.6 Å². The molecular weight excluding hydrogens is 238 g/mol. The van der Waals surface area contributed by atoms with Crippen LogP contribution in [-0.2, 0) is 11.2 Å². The van der Waals surface area contributed by atoms with E-state index < -0.39 is 0 Å². The first-order chi connectivity index (χ1) is 9.15. The van der Waals surface area contributed by atoms with Crippen LogP contribution in [0.15, 0.2) is 42.2 Å². The Morgan fingerprint density at radius 1 is 1.32 bits per heavy atom. The van der Waals surface area contributed by atoms with E-state index in [1.165, 1.54) is 12.0 Å². The van der Waals surface area contributed by atoms with E-state index >= 15 is 0 Å². The summed E-state index contributed by atoms with van der Waals surface area (Å²) in [5, 5.41) is 2.88. The van der Waals surface area contributed by atoms with Crippen LogP contribution in [-0.4, -0.2) is 12.5 Å². The number of hydrogen-bond acceptors (Lipinski definition) is 3. The average molecular weight is 259 g/mol. The largest absolute Gasteiger partial charge is 0.403 e. The Bertz CT molecular complexity index is 464. The normalized spacial score (nSPS) is 17.6. The van der Waals surface area contributed by atoms with Crippen molar-refractivity contribution in [2.24, 2.45) is 16.9 Å². The zero-order valence-corrected chi connectivity index (χ0v) is 11.1. The van der Waals surface area contributed by atoms with Gasteiger partial charge in [0, 0.05) is 12.7 Å². The Morgan fingerprint density at radius 3 is 2.53 bits per heavy atom. The fourth-order valence-electron chi connectivity index (χ4n) is 2.57. The van der Waals surface area contributed by atoms with E-state index in [-0.39, 0.29) is 17.0 Å². The minimum Gasteiger partial charge on any atom is -0.403 e. The summed E-state index contributed by atoms with van der Waals surface area (Å²) in [5.41, 5.74) is 12.3. The van der Waals surface area contributed by atoms with Crippen LogP contribution in [0.4, 0.5) is 0 Å². The Hall–Kier alpha value is -1.97. The number of nitrogens with one attached hydrogen (secondary N) is 1. The lowest BCUT2D eigenvalue weighted by Gasteiger charge is -2.42. The van der Waals surface area contributed by atoms with E-state index in [0.29, 0.717) is 6.54 Å². The first-order valence-electron chi connectivity index (χ1n) is 6.65. The highest BCUT2D eigenvalue weighted by Gasteiger charge is 2.37. The maximum Gasteiger partial charge on any atom is 0.268 e. The molecule has 0 bridgehead atoms. The molecule has 1 amide bonds. The molecule has 1 aliphatic rings. The molecule has 19 heavy (non-hydrogen) atoms. The third-order valence-corrected chi connectivity index (χ3v) is 3.90. The Kier molecular flexibility index (Phi) is 4.10. The Morgan fingerprint density at radius 2 is 2.00 bits per heavy atom. The second-order valence-corrected chi connectivity index (χ2v) is 5.32. The van der Waals surface area contributed by atoms with Crippen LogP contribution >= 0.6 is 0 Å². The minimum absolute atomic E-state index is 0.0779. The summed E-state index contributed by atoms with van der Waals surface area (Å²) in [4.78, 5) is 11.6. The van der Waals surface area contributed by atoms with Gasteiger partial charge in [-0.15, -0.1) is 0 Å². The van der Waals surface area contributed by atoms with Crippen molar-refractivity contribution in [1.29, 1.82) is 0 Å². The van der Waals surface area contributed by atoms with Gasteiger partial charge >= 0.3 is 0 Å². The number of carbonyl (C=O) groups excluding carboxylic acids is 1. The molecule has 0 atom stereocenters. The predicted octanol–water partition coefficient (Wildman–Crippen LogP) is 1.27. The molecule has 0 aromatic heterocycles. The van der Waals surface area contributed by atoms with E-state index in [1.54, 1.807) is 0 Å². The van der Waals surface area contributed by atoms with Crippen LogP contribution in [0.3, 0.4) is 0 Å². The highest BCUT2D eigenvalue weighted by Crippen LogP contribution is 2.43. The van der Waals surface area contributed by atoms with Crippen molar-refractivity contribution < 1.29 is 4.79 Å². The molecule has 1 aliphatic carbocycles.